The van der Waals surface area contributed by atoms with Crippen molar-refractivity contribution in [2.24, 2.45) is 11.7 Å². The summed E-state index contributed by atoms with van der Waals surface area (Å²) in [7, 11) is 0. The average Bonchev–Trinajstić information content (AvgIpc) is 2.67. The van der Waals surface area contributed by atoms with E-state index >= 15 is 0 Å². The molecule has 1 atom stereocenters. The van der Waals surface area contributed by atoms with E-state index in [1.165, 1.54) is 12.1 Å². The maximum absolute atomic E-state index is 13.4. The summed E-state index contributed by atoms with van der Waals surface area (Å²) in [4.78, 5) is 6.82. The fourth-order valence-corrected chi connectivity index (χ4v) is 3.77. The van der Waals surface area contributed by atoms with Crippen molar-refractivity contribution in [3.8, 4) is 0 Å². The number of pyridine rings is 1. The molecule has 25 heavy (non-hydrogen) atoms. The molecule has 2 heterocycles. The zero-order valence-electron chi connectivity index (χ0n) is 14.4. The molecule has 1 aliphatic heterocycles. The summed E-state index contributed by atoms with van der Waals surface area (Å²) in [5, 5.41) is 11.7. The second-order valence-corrected chi connectivity index (χ2v) is 6.75. The van der Waals surface area contributed by atoms with Gasteiger partial charge < -0.3 is 15.7 Å². The summed E-state index contributed by atoms with van der Waals surface area (Å²) in [6, 6.07) is 11.7. The number of nitrogens with zero attached hydrogens (tertiary/aromatic N) is 2. The maximum atomic E-state index is 13.4. The van der Waals surface area contributed by atoms with Crippen LogP contribution in [0.2, 0.25) is 0 Å². The highest BCUT2D eigenvalue weighted by atomic mass is 19.1. The SMILES string of the molecule is NCCCN1CCC(C(O)(c2ccc(F)cc2)c2ccccn2)CC1. The van der Waals surface area contributed by atoms with Crippen molar-refractivity contribution in [2.75, 3.05) is 26.2 Å². The van der Waals surface area contributed by atoms with Crippen molar-refractivity contribution in [2.45, 2.75) is 24.9 Å². The number of nitrogens with two attached hydrogens (primary N) is 1. The van der Waals surface area contributed by atoms with Crippen LogP contribution in [-0.2, 0) is 5.60 Å². The van der Waals surface area contributed by atoms with Crippen LogP contribution in [0.25, 0.3) is 0 Å². The van der Waals surface area contributed by atoms with Gasteiger partial charge in [0.05, 0.1) is 5.69 Å². The van der Waals surface area contributed by atoms with E-state index in [1.807, 2.05) is 18.2 Å². The Morgan fingerprint density at radius 3 is 2.48 bits per heavy atom. The Bertz CT molecular complexity index is 656. The molecule has 0 bridgehead atoms. The summed E-state index contributed by atoms with van der Waals surface area (Å²) in [5.74, 6) is -0.259. The third-order valence-electron chi connectivity index (χ3n) is 5.20. The molecule has 1 fully saturated rings. The molecule has 0 saturated carbocycles. The first-order valence-corrected chi connectivity index (χ1v) is 8.97. The van der Waals surface area contributed by atoms with Gasteiger partial charge in [0.2, 0.25) is 0 Å². The largest absolute Gasteiger partial charge is 0.378 e. The Balaban J connectivity index is 1.87. The maximum Gasteiger partial charge on any atom is 0.134 e. The van der Waals surface area contributed by atoms with E-state index in [-0.39, 0.29) is 11.7 Å². The fraction of sp³-hybridized carbons (Fsp3) is 0.450. The van der Waals surface area contributed by atoms with Crippen LogP contribution in [0.4, 0.5) is 4.39 Å². The van der Waals surface area contributed by atoms with E-state index in [4.69, 9.17) is 5.73 Å². The number of hydrogen-bond donors (Lipinski definition) is 2. The van der Waals surface area contributed by atoms with Gasteiger partial charge in [-0.1, -0.05) is 18.2 Å². The molecule has 4 nitrogen and oxygen atoms in total. The molecular formula is C20H26FN3O. The first-order valence-electron chi connectivity index (χ1n) is 8.97. The Hall–Kier alpha value is -1.82. The first-order chi connectivity index (χ1) is 12.1. The van der Waals surface area contributed by atoms with Gasteiger partial charge in [0.1, 0.15) is 11.4 Å². The fourth-order valence-electron chi connectivity index (χ4n) is 3.77. The van der Waals surface area contributed by atoms with Gasteiger partial charge >= 0.3 is 0 Å². The second-order valence-electron chi connectivity index (χ2n) is 6.75. The molecule has 2 aromatic rings. The van der Waals surface area contributed by atoms with Gasteiger partial charge in [-0.15, -0.1) is 0 Å². The van der Waals surface area contributed by atoms with Crippen molar-refractivity contribution < 1.29 is 9.50 Å². The molecule has 1 aliphatic rings. The molecule has 3 rings (SSSR count). The summed E-state index contributed by atoms with van der Waals surface area (Å²) < 4.78 is 13.4. The predicted octanol–water partition coefficient (Wildman–Crippen LogP) is 2.52. The van der Waals surface area contributed by atoms with E-state index in [0.29, 0.717) is 17.8 Å². The van der Waals surface area contributed by atoms with Gasteiger partial charge in [-0.25, -0.2) is 4.39 Å². The molecule has 1 aromatic heterocycles. The lowest BCUT2D eigenvalue weighted by Crippen LogP contribution is -2.45. The first kappa shape index (κ1) is 18.0. The van der Waals surface area contributed by atoms with Crippen LogP contribution in [0.5, 0.6) is 0 Å². The number of hydrogen-bond acceptors (Lipinski definition) is 4. The van der Waals surface area contributed by atoms with Crippen molar-refractivity contribution >= 4 is 0 Å². The van der Waals surface area contributed by atoms with Gasteiger partial charge in [-0.3, -0.25) is 4.98 Å². The topological polar surface area (TPSA) is 62.4 Å². The van der Waals surface area contributed by atoms with Crippen LogP contribution in [0.3, 0.4) is 0 Å². The van der Waals surface area contributed by atoms with Gasteiger partial charge in [-0.05, 0) is 75.3 Å². The standard InChI is InChI=1S/C20H26FN3O/c21-18-7-5-16(6-8-18)20(25,19-4-1-2-12-23-19)17-9-14-24(15-10-17)13-3-11-22/h1-2,4-8,12,17,25H,3,9-11,13-15,22H2. The number of aromatic nitrogens is 1. The normalized spacial score (nSPS) is 18.8. The number of likely N-dealkylation sites (tertiary alicyclic amines) is 1. The number of benzene rings is 1. The van der Waals surface area contributed by atoms with Crippen molar-refractivity contribution in [3.63, 3.8) is 0 Å². The van der Waals surface area contributed by atoms with E-state index in [9.17, 15) is 9.50 Å². The van der Waals surface area contributed by atoms with E-state index in [2.05, 4.69) is 9.88 Å². The monoisotopic (exact) mass is 343 g/mol. The molecule has 0 spiro atoms. The molecule has 0 amide bonds. The van der Waals surface area contributed by atoms with Gasteiger partial charge in [-0.2, -0.15) is 0 Å². The van der Waals surface area contributed by atoms with Crippen molar-refractivity contribution in [3.05, 3.63) is 65.7 Å². The number of piperidine rings is 1. The highest BCUT2D eigenvalue weighted by Crippen LogP contribution is 2.41. The Kier molecular flexibility index (Phi) is 5.78. The molecule has 1 aromatic carbocycles. The van der Waals surface area contributed by atoms with Gasteiger partial charge in [0.25, 0.3) is 0 Å². The van der Waals surface area contributed by atoms with Crippen LogP contribution in [0.1, 0.15) is 30.5 Å². The zero-order valence-corrected chi connectivity index (χ0v) is 14.4. The molecule has 1 unspecified atom stereocenters. The summed E-state index contributed by atoms with van der Waals surface area (Å²) in [6.45, 7) is 3.57. The lowest BCUT2D eigenvalue weighted by Gasteiger charge is -2.41. The smallest absolute Gasteiger partial charge is 0.134 e. The molecule has 3 N–H and O–H groups in total. The summed E-state index contributed by atoms with van der Waals surface area (Å²) >= 11 is 0. The number of aliphatic hydroxyl groups is 1. The second kappa shape index (κ2) is 8.04. The van der Waals surface area contributed by atoms with Crippen LogP contribution in [0, 0.1) is 11.7 Å². The van der Waals surface area contributed by atoms with Crippen molar-refractivity contribution in [1.29, 1.82) is 0 Å². The third kappa shape index (κ3) is 3.89. The number of halogens is 1. The molecule has 134 valence electrons. The molecule has 1 saturated heterocycles. The van der Waals surface area contributed by atoms with Crippen molar-refractivity contribution in [1.82, 2.24) is 9.88 Å². The Labute approximate surface area is 148 Å². The number of rotatable bonds is 6. The van der Waals surface area contributed by atoms with Crippen LogP contribution in [0.15, 0.2) is 48.7 Å². The third-order valence-corrected chi connectivity index (χ3v) is 5.20. The molecule has 5 heteroatoms. The Morgan fingerprint density at radius 1 is 1.16 bits per heavy atom. The van der Waals surface area contributed by atoms with Crippen LogP contribution >= 0.6 is 0 Å². The molecular weight excluding hydrogens is 317 g/mol. The van der Waals surface area contributed by atoms with Crippen LogP contribution in [-0.4, -0.2) is 41.2 Å². The van der Waals surface area contributed by atoms with Gasteiger partial charge in [0.15, 0.2) is 0 Å². The average molecular weight is 343 g/mol. The van der Waals surface area contributed by atoms with Gasteiger partial charge in [0, 0.05) is 12.1 Å². The highest BCUT2D eigenvalue weighted by Gasteiger charge is 2.42. The highest BCUT2D eigenvalue weighted by molar-refractivity contribution is 5.33. The quantitative estimate of drug-likeness (QED) is 0.846. The lowest BCUT2D eigenvalue weighted by atomic mass is 9.74. The van der Waals surface area contributed by atoms with Crippen LogP contribution < -0.4 is 5.73 Å². The molecule has 0 radical (unpaired) electrons. The zero-order chi connectivity index (χ0) is 17.7. The minimum atomic E-state index is -1.20. The minimum absolute atomic E-state index is 0.0435. The molecule has 0 aliphatic carbocycles. The minimum Gasteiger partial charge on any atom is -0.378 e. The van der Waals surface area contributed by atoms with E-state index in [1.54, 1.807) is 18.3 Å². The van der Waals surface area contributed by atoms with E-state index < -0.39 is 5.60 Å². The Morgan fingerprint density at radius 2 is 1.88 bits per heavy atom. The summed E-state index contributed by atoms with van der Waals surface area (Å²) in [6.07, 6.45) is 4.43. The van der Waals surface area contributed by atoms with E-state index in [0.717, 1.165) is 38.9 Å². The predicted molar refractivity (Wildman–Crippen MR) is 96.5 cm³/mol. The summed E-state index contributed by atoms with van der Waals surface area (Å²) in [5.41, 5.74) is 5.73. The lowest BCUT2D eigenvalue weighted by molar-refractivity contribution is -0.0175.